The number of aromatic amines is 1. The summed E-state index contributed by atoms with van der Waals surface area (Å²) in [7, 11) is 1.65. The van der Waals surface area contributed by atoms with Gasteiger partial charge in [0, 0.05) is 49.1 Å². The highest BCUT2D eigenvalue weighted by atomic mass is 35.5. The number of pyridine rings is 1. The van der Waals surface area contributed by atoms with Crippen LogP contribution in [-0.4, -0.2) is 72.3 Å². The molecule has 35 heavy (non-hydrogen) atoms. The van der Waals surface area contributed by atoms with E-state index in [2.05, 4.69) is 25.2 Å². The molecule has 2 aromatic heterocycles. The molecule has 1 saturated heterocycles. The van der Waals surface area contributed by atoms with E-state index in [-0.39, 0.29) is 18.3 Å². The molecule has 0 unspecified atom stereocenters. The van der Waals surface area contributed by atoms with Crippen molar-refractivity contribution in [3.63, 3.8) is 0 Å². The molecule has 0 radical (unpaired) electrons. The molecule has 0 aliphatic carbocycles. The van der Waals surface area contributed by atoms with Crippen LogP contribution in [0.15, 0.2) is 60.8 Å². The number of fused-ring (bicyclic) bond motifs is 1. The number of hydrogen-bond acceptors (Lipinski definition) is 6. The molecule has 0 spiro atoms. The average molecular weight is 494 g/mol. The number of aromatic nitrogens is 3. The molecule has 8 nitrogen and oxygen atoms in total. The van der Waals surface area contributed by atoms with Gasteiger partial charge in [-0.3, -0.25) is 9.69 Å². The van der Waals surface area contributed by atoms with Gasteiger partial charge in [0.05, 0.1) is 25.8 Å². The predicted molar refractivity (Wildman–Crippen MR) is 138 cm³/mol. The van der Waals surface area contributed by atoms with Crippen LogP contribution in [0.3, 0.4) is 0 Å². The second kappa shape index (κ2) is 11.3. The van der Waals surface area contributed by atoms with Crippen molar-refractivity contribution in [2.75, 3.05) is 46.5 Å². The Bertz CT molecular complexity index is 1270. The van der Waals surface area contributed by atoms with Crippen molar-refractivity contribution < 1.29 is 14.3 Å². The topological polar surface area (TPSA) is 92.4 Å². The molecule has 2 N–H and O–H groups in total. The smallest absolute Gasteiger partial charge is 0.251 e. The van der Waals surface area contributed by atoms with Crippen molar-refractivity contribution in [1.29, 1.82) is 0 Å². The van der Waals surface area contributed by atoms with E-state index in [4.69, 9.17) is 9.47 Å². The second-order valence-corrected chi connectivity index (χ2v) is 8.16. The van der Waals surface area contributed by atoms with Gasteiger partial charge in [-0.25, -0.2) is 9.97 Å². The Morgan fingerprint density at radius 2 is 1.77 bits per heavy atom. The molecule has 1 fully saturated rings. The number of amides is 1. The minimum absolute atomic E-state index is 0. The van der Waals surface area contributed by atoms with Crippen molar-refractivity contribution in [1.82, 2.24) is 25.2 Å². The molecule has 2 aromatic carbocycles. The summed E-state index contributed by atoms with van der Waals surface area (Å²) in [6, 6.07) is 17.3. The number of hydrogen-bond donors (Lipinski definition) is 2. The molecule has 182 valence electrons. The van der Waals surface area contributed by atoms with E-state index in [9.17, 15) is 4.79 Å². The Hall–Kier alpha value is -3.46. The Labute approximate surface area is 210 Å². The number of ether oxygens (including phenoxy) is 2. The Balaban J connectivity index is 0.00000289. The molecule has 1 aliphatic rings. The Kier molecular flexibility index (Phi) is 7.97. The number of nitrogens with zero attached hydrogens (tertiary/aromatic N) is 3. The molecular weight excluding hydrogens is 466 g/mol. The van der Waals surface area contributed by atoms with Gasteiger partial charge >= 0.3 is 0 Å². The fourth-order valence-electron chi connectivity index (χ4n) is 4.09. The van der Waals surface area contributed by atoms with Crippen LogP contribution < -0.4 is 10.1 Å². The van der Waals surface area contributed by atoms with Gasteiger partial charge in [-0.2, -0.15) is 0 Å². The van der Waals surface area contributed by atoms with Gasteiger partial charge < -0.3 is 19.8 Å². The number of morpholine rings is 1. The monoisotopic (exact) mass is 493 g/mol. The summed E-state index contributed by atoms with van der Waals surface area (Å²) in [6.45, 7) is 4.79. The highest BCUT2D eigenvalue weighted by Gasteiger charge is 2.13. The number of halogens is 1. The van der Waals surface area contributed by atoms with E-state index in [0.29, 0.717) is 23.6 Å². The third-order valence-corrected chi connectivity index (χ3v) is 6.03. The van der Waals surface area contributed by atoms with Crippen LogP contribution in [0.1, 0.15) is 10.4 Å². The quantitative estimate of drug-likeness (QED) is 0.407. The summed E-state index contributed by atoms with van der Waals surface area (Å²) < 4.78 is 10.6. The summed E-state index contributed by atoms with van der Waals surface area (Å²) >= 11 is 0. The van der Waals surface area contributed by atoms with Crippen LogP contribution in [-0.2, 0) is 4.74 Å². The van der Waals surface area contributed by atoms with Crippen molar-refractivity contribution in [2.45, 2.75) is 0 Å². The maximum absolute atomic E-state index is 12.5. The van der Waals surface area contributed by atoms with E-state index in [1.54, 1.807) is 13.3 Å². The molecule has 1 aliphatic heterocycles. The minimum Gasteiger partial charge on any atom is -0.497 e. The lowest BCUT2D eigenvalue weighted by atomic mass is 10.1. The van der Waals surface area contributed by atoms with Crippen LogP contribution >= 0.6 is 12.4 Å². The van der Waals surface area contributed by atoms with Gasteiger partial charge in [0.15, 0.2) is 5.65 Å². The van der Waals surface area contributed by atoms with Crippen LogP contribution in [0.5, 0.6) is 5.75 Å². The lowest BCUT2D eigenvalue weighted by Gasteiger charge is -2.26. The molecule has 0 bridgehead atoms. The van der Waals surface area contributed by atoms with E-state index in [1.165, 1.54) is 0 Å². The van der Waals surface area contributed by atoms with E-state index in [1.807, 2.05) is 54.6 Å². The Morgan fingerprint density at radius 1 is 1.06 bits per heavy atom. The average Bonchev–Trinajstić information content (AvgIpc) is 3.34. The molecule has 0 atom stereocenters. The van der Waals surface area contributed by atoms with E-state index >= 15 is 0 Å². The number of benzene rings is 2. The number of nitrogens with one attached hydrogen (secondary N) is 2. The summed E-state index contributed by atoms with van der Waals surface area (Å²) in [5, 5.41) is 3.00. The zero-order valence-corrected chi connectivity index (χ0v) is 20.3. The maximum Gasteiger partial charge on any atom is 0.251 e. The van der Waals surface area contributed by atoms with Gasteiger partial charge in [0.25, 0.3) is 5.91 Å². The van der Waals surface area contributed by atoms with Crippen LogP contribution in [0, 0.1) is 0 Å². The lowest BCUT2D eigenvalue weighted by molar-refractivity contribution is 0.0383. The van der Waals surface area contributed by atoms with E-state index in [0.717, 1.165) is 60.8 Å². The largest absolute Gasteiger partial charge is 0.497 e. The highest BCUT2D eigenvalue weighted by molar-refractivity contribution is 5.95. The normalized spacial score (nSPS) is 13.9. The molecule has 3 heterocycles. The SMILES string of the molecule is COc1ccc(-c2ccnc3nc(-c4ccc(C(=O)NCCN5CCOCC5)cc4)[nH]c23)cc1.Cl. The zero-order valence-electron chi connectivity index (χ0n) is 19.5. The third-order valence-electron chi connectivity index (χ3n) is 6.03. The first-order valence-electron chi connectivity index (χ1n) is 11.4. The third kappa shape index (κ3) is 5.62. The predicted octanol–water partition coefficient (Wildman–Crippen LogP) is 3.78. The van der Waals surface area contributed by atoms with Crippen molar-refractivity contribution in [3.8, 4) is 28.3 Å². The standard InChI is InChI=1S/C26H27N5O3.ClH/c1-33-21-8-6-18(7-9-21)22-10-11-27-25-23(22)29-24(30-25)19-2-4-20(5-3-19)26(32)28-12-13-31-14-16-34-17-15-31;/h2-11H,12-17H2,1H3,(H,28,32)(H,27,29,30);1H. The number of carbonyl (C=O) groups is 1. The molecular formula is C26H28ClN5O3. The highest BCUT2D eigenvalue weighted by Crippen LogP contribution is 2.29. The number of methoxy groups -OCH3 is 1. The fourth-order valence-corrected chi connectivity index (χ4v) is 4.09. The summed E-state index contributed by atoms with van der Waals surface area (Å²) in [5.41, 5.74) is 5.10. The summed E-state index contributed by atoms with van der Waals surface area (Å²) in [4.78, 5) is 27.3. The molecule has 1 amide bonds. The molecule has 4 aromatic rings. The van der Waals surface area contributed by atoms with Gasteiger partial charge in [-0.05, 0) is 35.9 Å². The van der Waals surface area contributed by atoms with Gasteiger partial charge in [-0.15, -0.1) is 12.4 Å². The number of imidazole rings is 1. The van der Waals surface area contributed by atoms with Crippen molar-refractivity contribution in [2.24, 2.45) is 0 Å². The van der Waals surface area contributed by atoms with Gasteiger partial charge in [0.1, 0.15) is 11.6 Å². The Morgan fingerprint density at radius 3 is 2.49 bits per heavy atom. The summed E-state index contributed by atoms with van der Waals surface area (Å²) in [5.74, 6) is 1.44. The molecule has 0 saturated carbocycles. The number of rotatable bonds is 7. The first-order valence-corrected chi connectivity index (χ1v) is 11.4. The van der Waals surface area contributed by atoms with Crippen LogP contribution in [0.2, 0.25) is 0 Å². The minimum atomic E-state index is -0.0760. The lowest BCUT2D eigenvalue weighted by Crippen LogP contribution is -2.41. The number of H-pyrrole nitrogens is 1. The van der Waals surface area contributed by atoms with Crippen LogP contribution in [0.25, 0.3) is 33.7 Å². The first-order chi connectivity index (χ1) is 16.7. The van der Waals surface area contributed by atoms with Crippen molar-refractivity contribution >= 4 is 29.5 Å². The van der Waals surface area contributed by atoms with E-state index < -0.39 is 0 Å². The first kappa shape index (κ1) is 24.7. The van der Waals surface area contributed by atoms with Gasteiger partial charge in [0.2, 0.25) is 0 Å². The second-order valence-electron chi connectivity index (χ2n) is 8.16. The zero-order chi connectivity index (χ0) is 23.3. The maximum atomic E-state index is 12.5. The fraction of sp³-hybridized carbons (Fsp3) is 0.269. The molecule has 5 rings (SSSR count). The van der Waals surface area contributed by atoms with Gasteiger partial charge in [-0.1, -0.05) is 24.3 Å². The molecule has 9 heteroatoms. The number of carbonyl (C=O) groups excluding carboxylic acids is 1. The van der Waals surface area contributed by atoms with Crippen molar-refractivity contribution in [3.05, 3.63) is 66.4 Å². The van der Waals surface area contributed by atoms with Crippen LogP contribution in [0.4, 0.5) is 0 Å². The summed E-state index contributed by atoms with van der Waals surface area (Å²) in [6.07, 6.45) is 1.76.